The third-order valence-corrected chi connectivity index (χ3v) is 4.03. The normalized spacial score (nSPS) is 10.3. The van der Waals surface area contributed by atoms with Crippen LogP contribution in [0.25, 0.3) is 0 Å². The Morgan fingerprint density at radius 2 is 2.14 bits per heavy atom. The van der Waals surface area contributed by atoms with E-state index in [9.17, 15) is 4.79 Å². The maximum Gasteiger partial charge on any atom is 0.357 e. The van der Waals surface area contributed by atoms with Crippen molar-refractivity contribution < 1.29 is 9.53 Å². The van der Waals surface area contributed by atoms with Gasteiger partial charge in [0.15, 0.2) is 5.69 Å². The molecule has 0 radical (unpaired) electrons. The number of carbonyl (C=O) groups excluding carboxylic acids is 1. The lowest BCUT2D eigenvalue weighted by molar-refractivity contribution is 0.0593. The van der Waals surface area contributed by atoms with Gasteiger partial charge in [-0.2, -0.15) is 0 Å². The Kier molecular flexibility index (Phi) is 5.20. The van der Waals surface area contributed by atoms with Crippen LogP contribution in [0.4, 0.5) is 5.69 Å². The van der Waals surface area contributed by atoms with Crippen LogP contribution in [0.3, 0.4) is 0 Å². The van der Waals surface area contributed by atoms with Crippen molar-refractivity contribution in [3.05, 3.63) is 56.8 Å². The average molecular weight is 370 g/mol. The van der Waals surface area contributed by atoms with Crippen molar-refractivity contribution in [2.75, 3.05) is 12.4 Å². The van der Waals surface area contributed by atoms with Gasteiger partial charge in [0.05, 0.1) is 17.3 Å². The summed E-state index contributed by atoms with van der Waals surface area (Å²) in [6.45, 7) is 2.66. The predicted octanol–water partition coefficient (Wildman–Crippen LogP) is 4.20. The first kappa shape index (κ1) is 15.8. The molecule has 0 atom stereocenters. The number of aryl methyl sites for hydroxylation is 1. The Morgan fingerprint density at radius 1 is 1.43 bits per heavy atom. The molecule has 0 saturated carbocycles. The summed E-state index contributed by atoms with van der Waals surface area (Å²) in [4.78, 5) is 15.6. The predicted molar refractivity (Wildman–Crippen MR) is 86.8 cm³/mol. The number of hydrogen-bond donors (Lipinski definition) is 1. The third kappa shape index (κ3) is 3.74. The van der Waals surface area contributed by atoms with Gasteiger partial charge in [0.1, 0.15) is 5.15 Å². The summed E-state index contributed by atoms with van der Waals surface area (Å²) in [6.07, 6.45) is 0. The molecule has 110 valence electrons. The maximum absolute atomic E-state index is 11.7. The number of ether oxygens (including phenoxy) is 1. The molecule has 1 aromatic heterocycles. The molecule has 0 fully saturated rings. The van der Waals surface area contributed by atoms with E-state index in [1.165, 1.54) is 12.7 Å². The van der Waals surface area contributed by atoms with Gasteiger partial charge in [-0.05, 0) is 40.0 Å². The molecule has 1 aromatic carbocycles. The largest absolute Gasteiger partial charge is 0.464 e. The van der Waals surface area contributed by atoms with Crippen LogP contribution in [0.1, 0.15) is 21.6 Å². The summed E-state index contributed by atoms with van der Waals surface area (Å²) in [5.41, 5.74) is 3.20. The van der Waals surface area contributed by atoms with E-state index in [-0.39, 0.29) is 10.8 Å². The number of halogens is 2. The van der Waals surface area contributed by atoms with Gasteiger partial charge in [-0.1, -0.05) is 35.9 Å². The van der Waals surface area contributed by atoms with Crippen LogP contribution in [0.2, 0.25) is 5.15 Å². The zero-order valence-corrected chi connectivity index (χ0v) is 14.0. The number of carbonyl (C=O) groups is 1. The lowest BCUT2D eigenvalue weighted by Crippen LogP contribution is -2.09. The standard InChI is InChI=1S/C15H14BrClN2O2/c1-9-5-3-4-6-10(9)8-18-11-7-12(17)19-14(13(11)16)15(20)21-2/h3-7H,8H2,1-2H3,(H,18,19). The second kappa shape index (κ2) is 6.91. The minimum atomic E-state index is -0.539. The first-order valence-corrected chi connectivity index (χ1v) is 7.42. The van der Waals surface area contributed by atoms with Crippen LogP contribution in [0, 0.1) is 6.92 Å². The minimum absolute atomic E-state index is 0.150. The molecule has 0 aliphatic heterocycles. The van der Waals surface area contributed by atoms with Crippen molar-refractivity contribution in [1.29, 1.82) is 0 Å². The third-order valence-electron chi connectivity index (χ3n) is 3.04. The minimum Gasteiger partial charge on any atom is -0.464 e. The van der Waals surface area contributed by atoms with Crippen molar-refractivity contribution in [1.82, 2.24) is 4.98 Å². The van der Waals surface area contributed by atoms with E-state index in [1.54, 1.807) is 6.07 Å². The summed E-state index contributed by atoms with van der Waals surface area (Å²) < 4.78 is 5.23. The number of nitrogens with one attached hydrogen (secondary N) is 1. The molecule has 1 N–H and O–H groups in total. The Labute approximate surface area is 136 Å². The van der Waals surface area contributed by atoms with Crippen molar-refractivity contribution in [3.63, 3.8) is 0 Å². The summed E-state index contributed by atoms with van der Waals surface area (Å²) >= 11 is 9.32. The van der Waals surface area contributed by atoms with Crippen LogP contribution < -0.4 is 5.32 Å². The van der Waals surface area contributed by atoms with Crippen molar-refractivity contribution in [2.45, 2.75) is 13.5 Å². The quantitative estimate of drug-likeness (QED) is 0.648. The van der Waals surface area contributed by atoms with Gasteiger partial charge in [-0.3, -0.25) is 0 Å². The number of pyridine rings is 1. The van der Waals surface area contributed by atoms with Gasteiger partial charge in [0.25, 0.3) is 0 Å². The molecule has 0 aliphatic rings. The smallest absolute Gasteiger partial charge is 0.357 e. The second-order valence-electron chi connectivity index (χ2n) is 4.43. The average Bonchev–Trinajstić information content (AvgIpc) is 2.48. The summed E-state index contributed by atoms with van der Waals surface area (Å²) in [7, 11) is 1.30. The van der Waals surface area contributed by atoms with Gasteiger partial charge < -0.3 is 10.1 Å². The van der Waals surface area contributed by atoms with E-state index in [0.717, 1.165) is 5.56 Å². The molecule has 4 nitrogen and oxygen atoms in total. The summed E-state index contributed by atoms with van der Waals surface area (Å²) in [5.74, 6) is -0.539. The first-order valence-electron chi connectivity index (χ1n) is 6.25. The highest BCUT2D eigenvalue weighted by atomic mass is 79.9. The second-order valence-corrected chi connectivity index (χ2v) is 5.61. The summed E-state index contributed by atoms with van der Waals surface area (Å²) in [5, 5.41) is 3.48. The lowest BCUT2D eigenvalue weighted by Gasteiger charge is -2.12. The van der Waals surface area contributed by atoms with E-state index in [2.05, 4.69) is 26.2 Å². The molecular formula is C15H14BrClN2O2. The fraction of sp³-hybridized carbons (Fsp3) is 0.200. The highest BCUT2D eigenvalue weighted by molar-refractivity contribution is 9.10. The molecule has 21 heavy (non-hydrogen) atoms. The van der Waals surface area contributed by atoms with Gasteiger partial charge in [-0.25, -0.2) is 9.78 Å². The molecule has 0 bridgehead atoms. The topological polar surface area (TPSA) is 51.2 Å². The number of benzene rings is 1. The maximum atomic E-state index is 11.7. The van der Waals surface area contributed by atoms with E-state index in [4.69, 9.17) is 16.3 Å². The zero-order valence-electron chi connectivity index (χ0n) is 11.6. The van der Waals surface area contributed by atoms with Crippen molar-refractivity contribution in [3.8, 4) is 0 Å². The molecule has 2 rings (SSSR count). The molecular weight excluding hydrogens is 356 g/mol. The molecule has 2 aromatic rings. The highest BCUT2D eigenvalue weighted by Crippen LogP contribution is 2.29. The Bertz CT molecular complexity index is 677. The number of nitrogens with zero attached hydrogens (tertiary/aromatic N) is 1. The lowest BCUT2D eigenvalue weighted by atomic mass is 10.1. The zero-order chi connectivity index (χ0) is 15.4. The number of anilines is 1. The Hall–Kier alpha value is -1.59. The van der Waals surface area contributed by atoms with Gasteiger partial charge in [-0.15, -0.1) is 0 Å². The molecule has 0 amide bonds. The molecule has 6 heteroatoms. The number of aromatic nitrogens is 1. The monoisotopic (exact) mass is 368 g/mol. The van der Waals surface area contributed by atoms with Crippen LogP contribution in [-0.2, 0) is 11.3 Å². The van der Waals surface area contributed by atoms with Crippen molar-refractivity contribution in [2.24, 2.45) is 0 Å². The molecule has 0 spiro atoms. The van der Waals surface area contributed by atoms with Crippen LogP contribution in [-0.4, -0.2) is 18.1 Å². The number of esters is 1. The number of rotatable bonds is 4. The van der Waals surface area contributed by atoms with Crippen LogP contribution >= 0.6 is 27.5 Å². The molecule has 0 saturated heterocycles. The molecule has 0 aliphatic carbocycles. The Morgan fingerprint density at radius 3 is 2.81 bits per heavy atom. The molecule has 0 unspecified atom stereocenters. The number of methoxy groups -OCH3 is 1. The Balaban J connectivity index is 2.26. The van der Waals surface area contributed by atoms with Gasteiger partial charge >= 0.3 is 5.97 Å². The van der Waals surface area contributed by atoms with E-state index < -0.39 is 5.97 Å². The fourth-order valence-electron chi connectivity index (χ4n) is 1.86. The molecule has 1 heterocycles. The van der Waals surface area contributed by atoms with Gasteiger partial charge in [0.2, 0.25) is 0 Å². The number of hydrogen-bond acceptors (Lipinski definition) is 4. The van der Waals surface area contributed by atoms with Crippen molar-refractivity contribution >= 4 is 39.2 Å². The first-order chi connectivity index (χ1) is 10.0. The highest BCUT2D eigenvalue weighted by Gasteiger charge is 2.17. The fourth-order valence-corrected chi connectivity index (χ4v) is 2.56. The van der Waals surface area contributed by atoms with E-state index >= 15 is 0 Å². The van der Waals surface area contributed by atoms with Gasteiger partial charge in [0, 0.05) is 6.54 Å². The van der Waals surface area contributed by atoms with E-state index in [1.807, 2.05) is 31.2 Å². The van der Waals surface area contributed by atoms with Crippen LogP contribution in [0.5, 0.6) is 0 Å². The van der Waals surface area contributed by atoms with Crippen LogP contribution in [0.15, 0.2) is 34.8 Å². The summed E-state index contributed by atoms with van der Waals surface area (Å²) in [6, 6.07) is 9.73. The van der Waals surface area contributed by atoms with E-state index in [0.29, 0.717) is 16.7 Å². The SMILES string of the molecule is COC(=O)c1nc(Cl)cc(NCc2ccccc2C)c1Br.